The molecule has 2 rings (SSSR count). The predicted molar refractivity (Wildman–Crippen MR) is 83.5 cm³/mol. The number of hydrogen-bond donors (Lipinski definition) is 2. The molecule has 2 aromatic rings. The molecule has 0 aliphatic rings. The number of aliphatic hydroxyl groups excluding tert-OH is 1. The summed E-state index contributed by atoms with van der Waals surface area (Å²) in [4.78, 5) is 0. The first-order chi connectivity index (χ1) is 9.54. The monoisotopic (exact) mass is 337 g/mol. The normalized spacial score (nSPS) is 14.2. The van der Waals surface area contributed by atoms with E-state index in [4.69, 9.17) is 0 Å². The number of nitrogens with zero attached hydrogens (tertiary/aromatic N) is 2. The van der Waals surface area contributed by atoms with Crippen LogP contribution in [0.3, 0.4) is 0 Å². The van der Waals surface area contributed by atoms with Crippen LogP contribution in [0.4, 0.5) is 0 Å². The first-order valence-electron chi connectivity index (χ1n) is 6.70. The Morgan fingerprint density at radius 2 is 2.25 bits per heavy atom. The van der Waals surface area contributed by atoms with Crippen molar-refractivity contribution in [3.05, 3.63) is 52.3 Å². The highest BCUT2D eigenvalue weighted by Gasteiger charge is 2.10. The Hall–Kier alpha value is -1.17. The van der Waals surface area contributed by atoms with Gasteiger partial charge in [0, 0.05) is 18.8 Å². The maximum absolute atomic E-state index is 10.2. The van der Waals surface area contributed by atoms with Crippen LogP contribution in [0.5, 0.6) is 0 Å². The van der Waals surface area contributed by atoms with E-state index in [1.54, 1.807) is 6.20 Å². The SMILES string of the molecule is Cc1cccc([C@@H](O)CN[C@@H](C)Cn2cc(Br)cn2)c1. The Labute approximate surface area is 127 Å². The van der Waals surface area contributed by atoms with Crippen LogP contribution >= 0.6 is 15.9 Å². The molecule has 1 heterocycles. The van der Waals surface area contributed by atoms with Gasteiger partial charge in [0.05, 0.1) is 23.3 Å². The van der Waals surface area contributed by atoms with Crippen LogP contribution < -0.4 is 5.32 Å². The molecule has 0 radical (unpaired) electrons. The largest absolute Gasteiger partial charge is 0.387 e. The lowest BCUT2D eigenvalue weighted by molar-refractivity contribution is 0.169. The molecule has 1 aromatic carbocycles. The van der Waals surface area contributed by atoms with Crippen molar-refractivity contribution in [2.45, 2.75) is 32.5 Å². The minimum atomic E-state index is -0.485. The van der Waals surface area contributed by atoms with Crippen molar-refractivity contribution < 1.29 is 5.11 Å². The van der Waals surface area contributed by atoms with Gasteiger partial charge in [-0.05, 0) is 35.3 Å². The fraction of sp³-hybridized carbons (Fsp3) is 0.400. The van der Waals surface area contributed by atoms with Gasteiger partial charge in [-0.3, -0.25) is 4.68 Å². The van der Waals surface area contributed by atoms with Crippen molar-refractivity contribution in [2.75, 3.05) is 6.54 Å². The van der Waals surface area contributed by atoms with Crippen molar-refractivity contribution >= 4 is 15.9 Å². The molecule has 108 valence electrons. The highest BCUT2D eigenvalue weighted by Crippen LogP contribution is 2.13. The van der Waals surface area contributed by atoms with Gasteiger partial charge in [0.1, 0.15) is 0 Å². The molecule has 2 N–H and O–H groups in total. The second-order valence-corrected chi connectivity index (χ2v) is 6.04. The Morgan fingerprint density at radius 1 is 1.45 bits per heavy atom. The van der Waals surface area contributed by atoms with E-state index in [1.165, 1.54) is 0 Å². The van der Waals surface area contributed by atoms with Crippen molar-refractivity contribution in [2.24, 2.45) is 0 Å². The van der Waals surface area contributed by atoms with E-state index in [0.29, 0.717) is 6.54 Å². The van der Waals surface area contributed by atoms with Gasteiger partial charge in [0.25, 0.3) is 0 Å². The van der Waals surface area contributed by atoms with E-state index in [-0.39, 0.29) is 6.04 Å². The van der Waals surface area contributed by atoms with Crippen LogP contribution in [0, 0.1) is 6.92 Å². The minimum absolute atomic E-state index is 0.237. The van der Waals surface area contributed by atoms with Gasteiger partial charge in [-0.1, -0.05) is 29.8 Å². The first-order valence-corrected chi connectivity index (χ1v) is 7.50. The number of benzene rings is 1. The highest BCUT2D eigenvalue weighted by atomic mass is 79.9. The lowest BCUT2D eigenvalue weighted by Crippen LogP contribution is -2.33. The Balaban J connectivity index is 1.82. The zero-order valence-corrected chi connectivity index (χ0v) is 13.3. The molecule has 0 saturated heterocycles. The van der Waals surface area contributed by atoms with Crippen LogP contribution in [0.25, 0.3) is 0 Å². The zero-order chi connectivity index (χ0) is 14.5. The number of nitrogens with one attached hydrogen (secondary N) is 1. The minimum Gasteiger partial charge on any atom is -0.387 e. The second-order valence-electron chi connectivity index (χ2n) is 5.12. The van der Waals surface area contributed by atoms with Crippen LogP contribution in [-0.2, 0) is 6.54 Å². The van der Waals surface area contributed by atoms with Gasteiger partial charge in [0.2, 0.25) is 0 Å². The van der Waals surface area contributed by atoms with Gasteiger partial charge < -0.3 is 10.4 Å². The van der Waals surface area contributed by atoms with Crippen molar-refractivity contribution in [1.29, 1.82) is 0 Å². The average molecular weight is 338 g/mol. The summed E-state index contributed by atoms with van der Waals surface area (Å²) in [5.41, 5.74) is 2.11. The summed E-state index contributed by atoms with van der Waals surface area (Å²) in [5.74, 6) is 0. The molecule has 0 unspecified atom stereocenters. The Bertz CT molecular complexity index is 556. The van der Waals surface area contributed by atoms with E-state index in [2.05, 4.69) is 33.3 Å². The summed E-state index contributed by atoms with van der Waals surface area (Å²) in [6.07, 6.45) is 3.23. The number of aryl methyl sites for hydroxylation is 1. The molecular formula is C15H20BrN3O. The summed E-state index contributed by atoms with van der Waals surface area (Å²) >= 11 is 3.38. The summed E-state index contributed by atoms with van der Waals surface area (Å²) in [5, 5.41) is 17.7. The lowest BCUT2D eigenvalue weighted by Gasteiger charge is -2.17. The molecule has 0 bridgehead atoms. The van der Waals surface area contributed by atoms with Crippen LogP contribution in [0.2, 0.25) is 0 Å². The molecule has 2 atom stereocenters. The van der Waals surface area contributed by atoms with Crippen molar-refractivity contribution in [3.8, 4) is 0 Å². The quantitative estimate of drug-likeness (QED) is 0.851. The number of rotatable bonds is 6. The number of halogens is 1. The van der Waals surface area contributed by atoms with E-state index in [9.17, 15) is 5.11 Å². The third-order valence-corrected chi connectivity index (χ3v) is 3.56. The number of aliphatic hydroxyl groups is 1. The van der Waals surface area contributed by atoms with Gasteiger partial charge in [-0.2, -0.15) is 5.10 Å². The van der Waals surface area contributed by atoms with E-state index in [0.717, 1.165) is 22.1 Å². The summed E-state index contributed by atoms with van der Waals surface area (Å²) in [7, 11) is 0. The Morgan fingerprint density at radius 3 is 2.90 bits per heavy atom. The molecule has 0 aliphatic carbocycles. The molecular weight excluding hydrogens is 318 g/mol. The highest BCUT2D eigenvalue weighted by molar-refractivity contribution is 9.10. The number of hydrogen-bond acceptors (Lipinski definition) is 3. The molecule has 20 heavy (non-hydrogen) atoms. The summed E-state index contributed by atoms with van der Waals surface area (Å²) < 4.78 is 2.85. The van der Waals surface area contributed by atoms with Gasteiger partial charge in [0.15, 0.2) is 0 Å². The van der Waals surface area contributed by atoms with Crippen molar-refractivity contribution in [3.63, 3.8) is 0 Å². The fourth-order valence-corrected chi connectivity index (χ4v) is 2.42. The summed E-state index contributed by atoms with van der Waals surface area (Å²) in [6, 6.07) is 8.21. The van der Waals surface area contributed by atoms with Crippen LogP contribution in [0.15, 0.2) is 41.1 Å². The topological polar surface area (TPSA) is 50.1 Å². The maximum atomic E-state index is 10.2. The molecule has 1 aromatic heterocycles. The average Bonchev–Trinajstić information content (AvgIpc) is 2.81. The van der Waals surface area contributed by atoms with E-state index < -0.39 is 6.10 Å². The molecule has 0 fully saturated rings. The van der Waals surface area contributed by atoms with Crippen LogP contribution in [-0.4, -0.2) is 27.5 Å². The zero-order valence-electron chi connectivity index (χ0n) is 11.8. The van der Waals surface area contributed by atoms with Crippen molar-refractivity contribution in [1.82, 2.24) is 15.1 Å². The lowest BCUT2D eigenvalue weighted by atomic mass is 10.1. The van der Waals surface area contributed by atoms with Gasteiger partial charge >= 0.3 is 0 Å². The van der Waals surface area contributed by atoms with E-state index >= 15 is 0 Å². The second kappa shape index (κ2) is 7.02. The third-order valence-electron chi connectivity index (χ3n) is 3.15. The standard InChI is InChI=1S/C15H20BrN3O/c1-11-4-3-5-13(6-11)15(20)8-17-12(2)9-19-10-14(16)7-18-19/h3-7,10,12,15,17,20H,8-9H2,1-2H3/t12-,15-/m0/s1. The van der Waals surface area contributed by atoms with Crippen LogP contribution in [0.1, 0.15) is 24.2 Å². The smallest absolute Gasteiger partial charge is 0.0914 e. The molecule has 0 amide bonds. The summed E-state index contributed by atoms with van der Waals surface area (Å²) in [6.45, 7) is 5.42. The molecule has 5 heteroatoms. The molecule has 4 nitrogen and oxygen atoms in total. The Kier molecular flexibility index (Phi) is 5.34. The first kappa shape index (κ1) is 15.2. The van der Waals surface area contributed by atoms with E-state index in [1.807, 2.05) is 42.1 Å². The van der Waals surface area contributed by atoms with Gasteiger partial charge in [-0.15, -0.1) is 0 Å². The third kappa shape index (κ3) is 4.44. The predicted octanol–water partition coefficient (Wildman–Crippen LogP) is 2.67. The fourth-order valence-electron chi connectivity index (χ4n) is 2.09. The van der Waals surface area contributed by atoms with Gasteiger partial charge in [-0.25, -0.2) is 0 Å². The molecule has 0 aliphatic heterocycles. The molecule has 0 spiro atoms. The maximum Gasteiger partial charge on any atom is 0.0914 e. The number of aromatic nitrogens is 2. The molecule has 0 saturated carbocycles.